The van der Waals surface area contributed by atoms with Gasteiger partial charge in [-0.1, -0.05) is 18.2 Å². The fourth-order valence-corrected chi connectivity index (χ4v) is 6.29. The smallest absolute Gasteiger partial charge is 0.417 e. The molecule has 1 saturated heterocycles. The second kappa shape index (κ2) is 8.01. The third-order valence-corrected chi connectivity index (χ3v) is 7.97. The lowest BCUT2D eigenvalue weighted by Crippen LogP contribution is -2.60. The Hall–Kier alpha value is -3.49. The van der Waals surface area contributed by atoms with E-state index in [4.69, 9.17) is 4.74 Å². The monoisotopic (exact) mass is 497 g/mol. The molecular formula is C27H23F4N3O2. The number of hydrogen-bond donors (Lipinski definition) is 0. The van der Waals surface area contributed by atoms with Gasteiger partial charge in [-0.05, 0) is 55.5 Å². The van der Waals surface area contributed by atoms with Crippen LogP contribution in [-0.2, 0) is 6.18 Å². The van der Waals surface area contributed by atoms with Crippen LogP contribution in [0.2, 0.25) is 0 Å². The summed E-state index contributed by atoms with van der Waals surface area (Å²) in [6.45, 7) is 1.24. The third-order valence-electron chi connectivity index (χ3n) is 7.97. The zero-order valence-corrected chi connectivity index (χ0v) is 19.4. The Morgan fingerprint density at radius 1 is 1.11 bits per heavy atom. The second-order valence-corrected chi connectivity index (χ2v) is 9.88. The minimum Gasteiger partial charge on any atom is -0.472 e. The number of likely N-dealkylation sites (tertiary alicyclic amines) is 1. The van der Waals surface area contributed by atoms with Gasteiger partial charge in [0, 0.05) is 35.0 Å². The van der Waals surface area contributed by atoms with Gasteiger partial charge in [0.15, 0.2) is 0 Å². The maximum Gasteiger partial charge on any atom is 0.417 e. The Balaban J connectivity index is 1.32. The first-order valence-electron chi connectivity index (χ1n) is 11.8. The van der Waals surface area contributed by atoms with Gasteiger partial charge in [-0.15, -0.1) is 0 Å². The molecule has 3 aromatic rings. The van der Waals surface area contributed by atoms with Gasteiger partial charge in [-0.2, -0.15) is 13.2 Å². The lowest BCUT2D eigenvalue weighted by molar-refractivity contribution is -0.137. The van der Waals surface area contributed by atoms with Crippen LogP contribution < -0.4 is 4.74 Å². The first-order chi connectivity index (χ1) is 17.2. The molecule has 0 bridgehead atoms. The number of piperidine rings is 1. The van der Waals surface area contributed by atoms with E-state index in [2.05, 4.69) is 9.97 Å². The molecular weight excluding hydrogens is 474 g/mol. The number of carbonyl (C=O) groups excluding carboxylic acids is 1. The second-order valence-electron chi connectivity index (χ2n) is 9.88. The molecule has 2 saturated carbocycles. The fourth-order valence-electron chi connectivity index (χ4n) is 6.29. The van der Waals surface area contributed by atoms with Crippen molar-refractivity contribution in [2.24, 2.45) is 11.3 Å². The number of aryl methyl sites for hydroxylation is 1. The molecule has 36 heavy (non-hydrogen) atoms. The molecule has 1 aromatic carbocycles. The molecule has 5 nitrogen and oxygen atoms in total. The number of ether oxygens (including phenoxy) is 1. The van der Waals surface area contributed by atoms with Crippen molar-refractivity contribution in [1.29, 1.82) is 0 Å². The molecule has 0 N–H and O–H groups in total. The zero-order chi connectivity index (χ0) is 25.2. The lowest BCUT2D eigenvalue weighted by atomic mass is 9.72. The van der Waals surface area contributed by atoms with Gasteiger partial charge in [0.2, 0.25) is 5.88 Å². The summed E-state index contributed by atoms with van der Waals surface area (Å²) in [7, 11) is 0. The Labute approximate surface area is 205 Å². The maximum atomic E-state index is 14.3. The molecule has 5 atom stereocenters. The van der Waals surface area contributed by atoms with Crippen molar-refractivity contribution < 1.29 is 27.1 Å². The highest BCUT2D eigenvalue weighted by Crippen LogP contribution is 2.74. The summed E-state index contributed by atoms with van der Waals surface area (Å²) in [6, 6.07) is 12.1. The fraction of sp³-hybridized carbons (Fsp3) is 0.370. The number of hydrogen-bond acceptors (Lipinski definition) is 4. The molecule has 0 radical (unpaired) electrons. The molecule has 1 spiro atoms. The van der Waals surface area contributed by atoms with Crippen LogP contribution in [0.15, 0.2) is 60.9 Å². The summed E-state index contributed by atoms with van der Waals surface area (Å²) in [5, 5.41) is 0. The molecule has 186 valence electrons. The topological polar surface area (TPSA) is 55.3 Å². The first kappa shape index (κ1) is 22.9. The Morgan fingerprint density at radius 3 is 2.61 bits per heavy atom. The number of halogens is 4. The van der Waals surface area contributed by atoms with Gasteiger partial charge < -0.3 is 9.64 Å². The predicted molar refractivity (Wildman–Crippen MR) is 123 cm³/mol. The minimum atomic E-state index is -4.49. The SMILES string of the molecule is Cc1cccc(C(=O)N2C(CF)C3CC34CC(Oc3ccc(C(F)(F)F)cn3)C24)c1-c1ccccn1. The van der Waals surface area contributed by atoms with Crippen LogP contribution in [0.3, 0.4) is 0 Å². The molecule has 3 heterocycles. The largest absolute Gasteiger partial charge is 0.472 e. The van der Waals surface area contributed by atoms with E-state index >= 15 is 0 Å². The highest BCUT2D eigenvalue weighted by molar-refractivity contribution is 6.02. The summed E-state index contributed by atoms with van der Waals surface area (Å²) < 4.78 is 59.0. The van der Waals surface area contributed by atoms with E-state index in [0.29, 0.717) is 23.2 Å². The van der Waals surface area contributed by atoms with Crippen molar-refractivity contribution in [3.05, 3.63) is 77.6 Å². The number of pyridine rings is 2. The molecule has 1 aliphatic heterocycles. The highest BCUT2D eigenvalue weighted by atomic mass is 19.4. The van der Waals surface area contributed by atoms with Crippen LogP contribution in [0.1, 0.15) is 34.3 Å². The Bertz CT molecular complexity index is 1310. The summed E-state index contributed by atoms with van der Waals surface area (Å²) >= 11 is 0. The summed E-state index contributed by atoms with van der Waals surface area (Å²) in [4.78, 5) is 23.9. The van der Waals surface area contributed by atoms with Gasteiger partial charge in [-0.3, -0.25) is 9.78 Å². The predicted octanol–water partition coefficient (Wildman–Crippen LogP) is 5.49. The van der Waals surface area contributed by atoms with Crippen LogP contribution in [0.4, 0.5) is 17.6 Å². The number of carbonyl (C=O) groups is 1. The van der Waals surface area contributed by atoms with E-state index in [9.17, 15) is 22.4 Å². The van der Waals surface area contributed by atoms with Crippen molar-refractivity contribution in [3.63, 3.8) is 0 Å². The molecule has 5 unspecified atom stereocenters. The van der Waals surface area contributed by atoms with Gasteiger partial charge in [0.05, 0.1) is 23.3 Å². The molecule has 3 fully saturated rings. The minimum absolute atomic E-state index is 0.0555. The van der Waals surface area contributed by atoms with Gasteiger partial charge in [0.1, 0.15) is 12.8 Å². The van der Waals surface area contributed by atoms with Crippen molar-refractivity contribution in [2.75, 3.05) is 6.67 Å². The van der Waals surface area contributed by atoms with Gasteiger partial charge >= 0.3 is 6.18 Å². The van der Waals surface area contributed by atoms with Crippen LogP contribution in [0, 0.1) is 18.3 Å². The Kier molecular flexibility index (Phi) is 5.10. The van der Waals surface area contributed by atoms with E-state index < -0.39 is 30.6 Å². The molecule has 3 aliphatic rings. The van der Waals surface area contributed by atoms with E-state index in [-0.39, 0.29) is 29.2 Å². The van der Waals surface area contributed by atoms with Crippen LogP contribution in [-0.4, -0.2) is 45.6 Å². The number of rotatable bonds is 5. The molecule has 1 amide bonds. The van der Waals surface area contributed by atoms with E-state index in [0.717, 1.165) is 24.2 Å². The average molecular weight is 497 g/mol. The lowest BCUT2D eigenvalue weighted by Gasteiger charge is -2.47. The third kappa shape index (κ3) is 3.39. The highest BCUT2D eigenvalue weighted by Gasteiger charge is 2.79. The Morgan fingerprint density at radius 2 is 1.94 bits per heavy atom. The number of alkyl halides is 4. The van der Waals surface area contributed by atoms with Crippen molar-refractivity contribution >= 4 is 5.91 Å². The number of nitrogens with zero attached hydrogens (tertiary/aromatic N) is 3. The maximum absolute atomic E-state index is 14.3. The summed E-state index contributed by atoms with van der Waals surface area (Å²) in [5.74, 6) is -0.173. The standard InChI is InChI=1S/C27H23F4N3O2/c1-15-5-4-6-17(23(15)19-7-2-3-10-32-19)25(35)34-20(13-28)18-11-26(18)12-21(24(26)34)36-22-9-8-16(14-33-22)27(29,30)31/h2-10,14,18,20-21,24H,11-13H2,1H3. The van der Waals surface area contributed by atoms with Crippen molar-refractivity contribution in [2.45, 2.75) is 44.1 Å². The normalized spacial score (nSPS) is 28.2. The first-order valence-corrected chi connectivity index (χ1v) is 11.8. The van der Waals surface area contributed by atoms with E-state index in [1.165, 1.54) is 6.07 Å². The van der Waals surface area contributed by atoms with E-state index in [1.54, 1.807) is 29.3 Å². The van der Waals surface area contributed by atoms with Crippen LogP contribution in [0.5, 0.6) is 5.88 Å². The summed E-state index contributed by atoms with van der Waals surface area (Å²) in [6.07, 6.45) is -1.13. The zero-order valence-electron chi connectivity index (χ0n) is 19.4. The number of benzene rings is 1. The quantitative estimate of drug-likeness (QED) is 0.438. The van der Waals surface area contributed by atoms with Crippen LogP contribution in [0.25, 0.3) is 11.3 Å². The van der Waals surface area contributed by atoms with Crippen LogP contribution >= 0.6 is 0 Å². The molecule has 2 aromatic heterocycles. The number of amides is 1. The molecule has 6 rings (SSSR count). The van der Waals surface area contributed by atoms with Crippen molar-refractivity contribution in [3.8, 4) is 17.1 Å². The number of aromatic nitrogens is 2. The van der Waals surface area contributed by atoms with E-state index in [1.807, 2.05) is 25.1 Å². The summed E-state index contributed by atoms with van der Waals surface area (Å²) in [5.41, 5.74) is 1.63. The van der Waals surface area contributed by atoms with Crippen molar-refractivity contribution in [1.82, 2.24) is 14.9 Å². The molecule has 9 heteroatoms. The van der Waals surface area contributed by atoms with Gasteiger partial charge in [-0.25, -0.2) is 9.37 Å². The average Bonchev–Trinajstić information content (AvgIpc) is 3.55. The van der Waals surface area contributed by atoms with Gasteiger partial charge in [0.25, 0.3) is 5.91 Å². The molecule has 2 aliphatic carbocycles.